The molecule has 14 heavy (non-hydrogen) atoms. The van der Waals surface area contributed by atoms with Crippen molar-refractivity contribution in [3.8, 4) is 5.75 Å². The topological polar surface area (TPSA) is 44.7 Å². The average molecular weight is 322 g/mol. The number of phenols is 1. The molecule has 1 aliphatic rings. The number of anilines is 1. The number of nitrogens with one attached hydrogen (secondary N) is 1. The van der Waals surface area contributed by atoms with E-state index in [0.29, 0.717) is 8.95 Å². The van der Waals surface area contributed by atoms with Crippen LogP contribution in [0.3, 0.4) is 0 Å². The molecule has 0 aromatic heterocycles. The number of hydrogen-bond acceptors (Lipinski definition) is 4. The standard InChI is InChI=1S/C8H6Br2N2O2/c9-5-1-2-6(7(10)8(5)13)12-3-4-14-11-12/h1-4,11,13H. The molecule has 0 fully saturated rings. The zero-order valence-corrected chi connectivity index (χ0v) is 10.0. The molecule has 0 spiro atoms. The Labute approximate surface area is 97.3 Å². The second-order valence-electron chi connectivity index (χ2n) is 2.59. The minimum Gasteiger partial charge on any atom is -0.505 e. The molecule has 6 heteroatoms. The summed E-state index contributed by atoms with van der Waals surface area (Å²) >= 11 is 6.51. The summed E-state index contributed by atoms with van der Waals surface area (Å²) in [6.07, 6.45) is 3.21. The van der Waals surface area contributed by atoms with Crippen LogP contribution in [-0.4, -0.2) is 5.11 Å². The molecule has 2 N–H and O–H groups in total. The molecule has 0 radical (unpaired) electrons. The fourth-order valence-electron chi connectivity index (χ4n) is 1.05. The van der Waals surface area contributed by atoms with Gasteiger partial charge in [-0.05, 0) is 44.0 Å². The van der Waals surface area contributed by atoms with Gasteiger partial charge in [-0.3, -0.25) is 0 Å². The quantitative estimate of drug-likeness (QED) is 0.834. The number of phenolic OH excluding ortho intramolecular Hbond substituents is 1. The van der Waals surface area contributed by atoms with Gasteiger partial charge in [-0.15, -0.1) is 0 Å². The highest BCUT2D eigenvalue weighted by Gasteiger charge is 2.15. The zero-order valence-electron chi connectivity index (χ0n) is 6.87. The van der Waals surface area contributed by atoms with Crippen LogP contribution in [0.25, 0.3) is 0 Å². The molecule has 1 aromatic rings. The van der Waals surface area contributed by atoms with Gasteiger partial charge in [-0.2, -0.15) is 0 Å². The first-order valence-corrected chi connectivity index (χ1v) is 5.33. The SMILES string of the molecule is Oc1c(Br)ccc(N2C=CON2)c1Br. The minimum atomic E-state index is 0.157. The van der Waals surface area contributed by atoms with Crippen LogP contribution in [0.4, 0.5) is 5.69 Å². The van der Waals surface area contributed by atoms with Gasteiger partial charge in [0, 0.05) is 0 Å². The summed E-state index contributed by atoms with van der Waals surface area (Å²) in [6.45, 7) is 0. The minimum absolute atomic E-state index is 0.157. The highest BCUT2D eigenvalue weighted by Crippen LogP contribution is 2.39. The zero-order chi connectivity index (χ0) is 10.1. The van der Waals surface area contributed by atoms with Gasteiger partial charge in [0.25, 0.3) is 0 Å². The summed E-state index contributed by atoms with van der Waals surface area (Å²) in [5, 5.41) is 11.3. The molecule has 1 aliphatic heterocycles. The van der Waals surface area contributed by atoms with Crippen LogP contribution >= 0.6 is 31.9 Å². The maximum absolute atomic E-state index is 9.63. The summed E-state index contributed by atoms with van der Waals surface area (Å²) in [5.74, 6) is 0.157. The Morgan fingerprint density at radius 1 is 1.36 bits per heavy atom. The first kappa shape index (κ1) is 9.82. The second kappa shape index (κ2) is 3.80. The van der Waals surface area contributed by atoms with E-state index in [1.54, 1.807) is 17.3 Å². The summed E-state index contributed by atoms with van der Waals surface area (Å²) in [4.78, 5) is 4.82. The smallest absolute Gasteiger partial charge is 0.146 e. The second-order valence-corrected chi connectivity index (χ2v) is 4.24. The predicted molar refractivity (Wildman–Crippen MR) is 59.3 cm³/mol. The molecule has 2 rings (SSSR count). The van der Waals surface area contributed by atoms with E-state index in [4.69, 9.17) is 4.84 Å². The van der Waals surface area contributed by atoms with Crippen LogP contribution in [0.1, 0.15) is 0 Å². The third-order valence-electron chi connectivity index (χ3n) is 1.74. The lowest BCUT2D eigenvalue weighted by molar-refractivity contribution is 0.158. The molecule has 0 unspecified atom stereocenters. The summed E-state index contributed by atoms with van der Waals surface area (Å²) in [7, 11) is 0. The number of nitrogens with zero attached hydrogens (tertiary/aromatic N) is 1. The van der Waals surface area contributed by atoms with Gasteiger partial charge < -0.3 is 9.94 Å². The number of halogens is 2. The van der Waals surface area contributed by atoms with Crippen molar-refractivity contribution in [2.24, 2.45) is 0 Å². The van der Waals surface area contributed by atoms with Crippen molar-refractivity contribution in [2.45, 2.75) is 0 Å². The molecule has 0 amide bonds. The van der Waals surface area contributed by atoms with Crippen LogP contribution in [0.2, 0.25) is 0 Å². The maximum atomic E-state index is 9.63. The lowest BCUT2D eigenvalue weighted by Gasteiger charge is -2.16. The summed E-state index contributed by atoms with van der Waals surface area (Å²) < 4.78 is 1.23. The molecule has 0 saturated heterocycles. The largest absolute Gasteiger partial charge is 0.505 e. The Morgan fingerprint density at radius 3 is 2.79 bits per heavy atom. The van der Waals surface area contributed by atoms with Crippen LogP contribution in [0, 0.1) is 0 Å². The Balaban J connectivity index is 2.43. The van der Waals surface area contributed by atoms with E-state index in [-0.39, 0.29) is 5.75 Å². The predicted octanol–water partition coefficient (Wildman–Crippen LogP) is 2.64. The number of hydrogen-bond donors (Lipinski definition) is 2. The number of rotatable bonds is 1. The third kappa shape index (κ3) is 1.60. The molecule has 1 aromatic carbocycles. The third-order valence-corrected chi connectivity index (χ3v) is 3.16. The fourth-order valence-corrected chi connectivity index (χ4v) is 2.19. The Hall–Kier alpha value is -0.720. The molecule has 0 saturated carbocycles. The Bertz CT molecular complexity index is 395. The lowest BCUT2D eigenvalue weighted by Crippen LogP contribution is -2.27. The maximum Gasteiger partial charge on any atom is 0.146 e. The average Bonchev–Trinajstić information content (AvgIpc) is 2.67. The van der Waals surface area contributed by atoms with Crippen molar-refractivity contribution < 1.29 is 9.94 Å². The normalized spacial score (nSPS) is 14.6. The van der Waals surface area contributed by atoms with E-state index in [0.717, 1.165) is 5.69 Å². The first-order chi connectivity index (χ1) is 6.70. The first-order valence-electron chi connectivity index (χ1n) is 3.74. The van der Waals surface area contributed by atoms with E-state index >= 15 is 0 Å². The summed E-state index contributed by atoms with van der Waals surface area (Å²) in [5.41, 5.74) is 3.39. The number of aromatic hydroxyl groups is 1. The van der Waals surface area contributed by atoms with Gasteiger partial charge in [0.05, 0.1) is 20.8 Å². The van der Waals surface area contributed by atoms with E-state index < -0.39 is 0 Å². The molecular weight excluding hydrogens is 316 g/mol. The lowest BCUT2D eigenvalue weighted by atomic mass is 10.3. The van der Waals surface area contributed by atoms with Crippen molar-refractivity contribution in [2.75, 3.05) is 5.01 Å². The van der Waals surface area contributed by atoms with Gasteiger partial charge in [0.2, 0.25) is 0 Å². The van der Waals surface area contributed by atoms with Crippen molar-refractivity contribution in [1.29, 1.82) is 0 Å². The highest BCUT2D eigenvalue weighted by atomic mass is 79.9. The van der Waals surface area contributed by atoms with Crippen molar-refractivity contribution in [3.63, 3.8) is 0 Å². The van der Waals surface area contributed by atoms with Crippen LogP contribution in [-0.2, 0) is 4.84 Å². The Kier molecular flexibility index (Phi) is 2.66. The molecular formula is C8H6Br2N2O2. The van der Waals surface area contributed by atoms with Crippen molar-refractivity contribution >= 4 is 37.5 Å². The molecule has 1 heterocycles. The van der Waals surface area contributed by atoms with E-state index in [1.807, 2.05) is 6.07 Å². The Morgan fingerprint density at radius 2 is 2.14 bits per heavy atom. The fraction of sp³-hybridized carbons (Fsp3) is 0. The monoisotopic (exact) mass is 320 g/mol. The van der Waals surface area contributed by atoms with E-state index in [2.05, 4.69) is 37.4 Å². The van der Waals surface area contributed by atoms with Crippen LogP contribution in [0.5, 0.6) is 5.75 Å². The van der Waals surface area contributed by atoms with Crippen LogP contribution in [0.15, 0.2) is 33.5 Å². The molecule has 0 bridgehead atoms. The molecule has 74 valence electrons. The van der Waals surface area contributed by atoms with Crippen molar-refractivity contribution in [1.82, 2.24) is 5.59 Å². The number of benzene rings is 1. The molecule has 0 atom stereocenters. The summed E-state index contributed by atoms with van der Waals surface area (Å²) in [6, 6.07) is 3.59. The van der Waals surface area contributed by atoms with Gasteiger partial charge in [0.15, 0.2) is 0 Å². The molecule has 0 aliphatic carbocycles. The van der Waals surface area contributed by atoms with Gasteiger partial charge >= 0.3 is 0 Å². The number of hydrazine groups is 1. The van der Waals surface area contributed by atoms with Crippen LogP contribution < -0.4 is 10.6 Å². The van der Waals surface area contributed by atoms with Gasteiger partial charge in [0.1, 0.15) is 12.0 Å². The van der Waals surface area contributed by atoms with E-state index in [9.17, 15) is 5.11 Å². The van der Waals surface area contributed by atoms with Gasteiger partial charge in [-0.25, -0.2) is 5.01 Å². The molecule has 4 nitrogen and oxygen atoms in total. The van der Waals surface area contributed by atoms with E-state index in [1.165, 1.54) is 6.26 Å². The van der Waals surface area contributed by atoms with Gasteiger partial charge in [-0.1, -0.05) is 5.59 Å². The van der Waals surface area contributed by atoms with Crippen molar-refractivity contribution in [3.05, 3.63) is 33.5 Å². The highest BCUT2D eigenvalue weighted by molar-refractivity contribution is 9.11.